The molecule has 0 aliphatic carbocycles. The molecule has 2 aromatic heterocycles. The maximum Gasteiger partial charge on any atom is 0.427 e. The highest BCUT2D eigenvalue weighted by molar-refractivity contribution is 6.35. The Balaban J connectivity index is 2.04. The minimum atomic E-state index is -1.15. The zero-order valence-corrected chi connectivity index (χ0v) is 31.0. The number of fused-ring (bicyclic) bond motifs is 1. The molecule has 0 N–H and O–H groups in total. The molecule has 0 aliphatic rings. The van der Waals surface area contributed by atoms with Gasteiger partial charge in [0.2, 0.25) is 11.6 Å². The second-order valence-corrected chi connectivity index (χ2v) is 15.0. The van der Waals surface area contributed by atoms with Crippen molar-refractivity contribution < 1.29 is 28.6 Å². The lowest BCUT2D eigenvalue weighted by Gasteiger charge is -2.33. The lowest BCUT2D eigenvalue weighted by atomic mass is 10.1. The summed E-state index contributed by atoms with van der Waals surface area (Å²) >= 11 is 6.52. The molecule has 14 heteroatoms. The number of benzene rings is 2. The van der Waals surface area contributed by atoms with Crippen LogP contribution < -0.4 is 15.4 Å². The number of hydrogen-bond acceptors (Lipinski definition) is 9. The van der Waals surface area contributed by atoms with E-state index in [1.807, 2.05) is 0 Å². The monoisotopic (exact) mass is 716 g/mol. The molecule has 51 heavy (non-hydrogen) atoms. The average molecular weight is 717 g/mol. The molecule has 0 saturated heterocycles. The number of halogens is 1. The molecule has 3 amide bonds. The van der Waals surface area contributed by atoms with Gasteiger partial charge in [-0.15, -0.1) is 4.90 Å². The number of anilines is 2. The van der Waals surface area contributed by atoms with Crippen LogP contribution in [0.25, 0.3) is 21.3 Å². The SMILES string of the molecule is [C-]#[N+]c1cnc(N(C(=O)OC(C)(C)C)C(=O)OC(C)(C)C)nc1N(C(=O)OC(C)(C)C)[C@@H](C)c1cc2cccc(Cl)c2c(=O)n1-c1ccccc1. The molecular formula is C37H41ClN6O7. The average Bonchev–Trinajstić information content (AvgIpc) is 2.99. The molecule has 1 atom stereocenters. The predicted octanol–water partition coefficient (Wildman–Crippen LogP) is 9.16. The Bertz CT molecular complexity index is 2040. The fourth-order valence-corrected chi connectivity index (χ4v) is 5.20. The van der Waals surface area contributed by atoms with E-state index in [2.05, 4.69) is 14.8 Å². The summed E-state index contributed by atoms with van der Waals surface area (Å²) in [4.78, 5) is 69.2. The third-order valence-corrected chi connectivity index (χ3v) is 7.20. The molecule has 0 spiro atoms. The number of pyridine rings is 1. The van der Waals surface area contributed by atoms with Gasteiger partial charge < -0.3 is 14.2 Å². The number of aromatic nitrogens is 3. The van der Waals surface area contributed by atoms with Gasteiger partial charge in [0.15, 0.2) is 0 Å². The van der Waals surface area contributed by atoms with E-state index < -0.39 is 52.6 Å². The van der Waals surface area contributed by atoms with Gasteiger partial charge in [-0.3, -0.25) is 14.3 Å². The Kier molecular flexibility index (Phi) is 10.8. The van der Waals surface area contributed by atoms with Crippen LogP contribution in [0.1, 0.15) is 81.0 Å². The summed E-state index contributed by atoms with van der Waals surface area (Å²) < 4.78 is 18.2. The maximum atomic E-state index is 14.3. The number of hydrogen-bond donors (Lipinski definition) is 0. The minimum Gasteiger partial charge on any atom is -0.443 e. The molecule has 13 nitrogen and oxygen atoms in total. The lowest BCUT2D eigenvalue weighted by Crippen LogP contribution is -2.45. The minimum absolute atomic E-state index is 0.220. The largest absolute Gasteiger partial charge is 0.443 e. The first kappa shape index (κ1) is 38.3. The van der Waals surface area contributed by atoms with Gasteiger partial charge in [0.25, 0.3) is 5.56 Å². The third kappa shape index (κ3) is 9.01. The van der Waals surface area contributed by atoms with Crippen LogP contribution in [-0.4, -0.2) is 49.6 Å². The van der Waals surface area contributed by atoms with Gasteiger partial charge in [-0.25, -0.2) is 29.2 Å². The maximum absolute atomic E-state index is 14.3. The number of carbonyl (C=O) groups excluding carboxylic acids is 3. The Morgan fingerprint density at radius 1 is 0.843 bits per heavy atom. The van der Waals surface area contributed by atoms with E-state index >= 15 is 0 Å². The molecule has 0 saturated carbocycles. The molecule has 4 rings (SSSR count). The summed E-state index contributed by atoms with van der Waals surface area (Å²) in [5.74, 6) is -0.848. The first-order valence-corrected chi connectivity index (χ1v) is 16.4. The second-order valence-electron chi connectivity index (χ2n) is 14.6. The zero-order valence-electron chi connectivity index (χ0n) is 30.3. The molecule has 268 valence electrons. The smallest absolute Gasteiger partial charge is 0.427 e. The van der Waals surface area contributed by atoms with Crippen LogP contribution in [-0.2, 0) is 14.2 Å². The van der Waals surface area contributed by atoms with Crippen LogP contribution in [0.3, 0.4) is 0 Å². The molecule has 0 unspecified atom stereocenters. The van der Waals surface area contributed by atoms with Crippen molar-refractivity contribution in [1.82, 2.24) is 14.5 Å². The van der Waals surface area contributed by atoms with Crippen LogP contribution in [0.4, 0.5) is 31.8 Å². The topological polar surface area (TPSA) is 138 Å². The molecule has 0 bridgehead atoms. The highest BCUT2D eigenvalue weighted by atomic mass is 35.5. The third-order valence-electron chi connectivity index (χ3n) is 6.88. The van der Waals surface area contributed by atoms with Crippen molar-refractivity contribution >= 4 is 58.1 Å². The van der Waals surface area contributed by atoms with Crippen molar-refractivity contribution in [2.75, 3.05) is 9.80 Å². The molecule has 2 aromatic carbocycles. The van der Waals surface area contributed by atoms with Crippen LogP contribution >= 0.6 is 11.6 Å². The molecular weight excluding hydrogens is 676 g/mol. The number of imide groups is 1. The lowest BCUT2D eigenvalue weighted by molar-refractivity contribution is 0.0426. The standard InChI is InChI=1S/C37H41ClN6O7/c1-22(27-20-23-16-15-19-25(38)28(23)30(45)43(27)24-17-13-12-14-18-24)42(32(46)49-35(2,3)4)29-26(39-11)21-40-31(41-29)44(33(47)50-36(5,6)7)34(48)51-37(8,9)10/h12-22H,1-10H3/t22-/m0/s1. The van der Waals surface area contributed by atoms with E-state index in [4.69, 9.17) is 32.4 Å². The summed E-state index contributed by atoms with van der Waals surface area (Å²) in [6.07, 6.45) is -2.18. The number of amides is 3. The molecule has 4 aromatic rings. The summed E-state index contributed by atoms with van der Waals surface area (Å²) in [7, 11) is 0. The highest BCUT2D eigenvalue weighted by Crippen LogP contribution is 2.37. The predicted molar refractivity (Wildman–Crippen MR) is 195 cm³/mol. The van der Waals surface area contributed by atoms with E-state index in [-0.39, 0.29) is 21.9 Å². The zero-order chi connectivity index (χ0) is 38.1. The first-order chi connectivity index (χ1) is 23.6. The van der Waals surface area contributed by atoms with E-state index in [0.29, 0.717) is 21.7 Å². The van der Waals surface area contributed by atoms with Crippen molar-refractivity contribution in [2.24, 2.45) is 0 Å². The Hall–Kier alpha value is -5.48. The van der Waals surface area contributed by atoms with Gasteiger partial charge in [-0.05, 0) is 98.9 Å². The number of para-hydroxylation sites is 1. The van der Waals surface area contributed by atoms with E-state index in [0.717, 1.165) is 11.1 Å². The van der Waals surface area contributed by atoms with Gasteiger partial charge in [0.05, 0.1) is 23.0 Å². The Morgan fingerprint density at radius 2 is 1.39 bits per heavy atom. The van der Waals surface area contributed by atoms with Crippen molar-refractivity contribution in [3.63, 3.8) is 0 Å². The first-order valence-electron chi connectivity index (χ1n) is 16.0. The summed E-state index contributed by atoms with van der Waals surface area (Å²) in [6.45, 7) is 24.3. The molecule has 2 heterocycles. The quantitative estimate of drug-likeness (QED) is 0.146. The van der Waals surface area contributed by atoms with Crippen LogP contribution in [0.5, 0.6) is 0 Å². The van der Waals surface area contributed by atoms with Crippen LogP contribution in [0.2, 0.25) is 5.02 Å². The van der Waals surface area contributed by atoms with Gasteiger partial charge in [-0.1, -0.05) is 41.9 Å². The number of rotatable bonds is 5. The summed E-state index contributed by atoms with van der Waals surface area (Å²) in [5.41, 5.74) is -2.98. The van der Waals surface area contributed by atoms with Gasteiger partial charge in [-0.2, -0.15) is 0 Å². The highest BCUT2D eigenvalue weighted by Gasteiger charge is 2.38. The fourth-order valence-electron chi connectivity index (χ4n) is 4.94. The molecule has 0 radical (unpaired) electrons. The van der Waals surface area contributed by atoms with Gasteiger partial charge in [0.1, 0.15) is 22.6 Å². The summed E-state index contributed by atoms with van der Waals surface area (Å²) in [6, 6.07) is 14.4. The van der Waals surface area contributed by atoms with Crippen molar-refractivity contribution in [2.45, 2.75) is 92.1 Å². The Labute approximate surface area is 301 Å². The van der Waals surface area contributed by atoms with Gasteiger partial charge in [0, 0.05) is 17.6 Å². The van der Waals surface area contributed by atoms with Crippen molar-refractivity contribution in [1.29, 1.82) is 0 Å². The van der Waals surface area contributed by atoms with E-state index in [9.17, 15) is 19.2 Å². The fraction of sp³-hybridized carbons (Fsp3) is 0.378. The number of ether oxygens (including phenoxy) is 3. The van der Waals surface area contributed by atoms with Crippen molar-refractivity contribution in [3.8, 4) is 5.69 Å². The van der Waals surface area contributed by atoms with E-state index in [1.54, 1.807) is 124 Å². The number of nitrogens with zero attached hydrogens (tertiary/aromatic N) is 6. The van der Waals surface area contributed by atoms with Crippen LogP contribution in [0.15, 0.2) is 65.6 Å². The summed E-state index contributed by atoms with van der Waals surface area (Å²) in [5, 5.41) is 1.00. The second kappa shape index (κ2) is 14.4. The Morgan fingerprint density at radius 3 is 1.92 bits per heavy atom. The van der Waals surface area contributed by atoms with Crippen LogP contribution in [0, 0.1) is 6.57 Å². The molecule has 0 aliphatic heterocycles. The van der Waals surface area contributed by atoms with E-state index in [1.165, 1.54) is 4.57 Å². The molecule has 0 fully saturated rings. The van der Waals surface area contributed by atoms with Gasteiger partial charge >= 0.3 is 18.3 Å². The normalized spacial score (nSPS) is 12.4. The number of carbonyl (C=O) groups is 3. The van der Waals surface area contributed by atoms with Crippen molar-refractivity contribution in [3.05, 3.63) is 93.3 Å².